The molecule has 0 saturated carbocycles. The van der Waals surface area contributed by atoms with Crippen LogP contribution in [0.4, 0.5) is 0 Å². The minimum Gasteiger partial charge on any atom is -0.338 e. The zero-order valence-electron chi connectivity index (χ0n) is 14.5. The summed E-state index contributed by atoms with van der Waals surface area (Å²) in [4.78, 5) is 11.8. The van der Waals surface area contributed by atoms with Crippen molar-refractivity contribution in [3.63, 3.8) is 0 Å². The Balaban J connectivity index is 1.36. The summed E-state index contributed by atoms with van der Waals surface area (Å²) in [5.74, 6) is 1.23. The molecule has 3 heterocycles. The Hall–Kier alpha value is -2.28. The van der Waals surface area contributed by atoms with E-state index in [9.17, 15) is 0 Å². The average Bonchev–Trinajstić information content (AvgIpc) is 3.41. The molecule has 1 aliphatic heterocycles. The van der Waals surface area contributed by atoms with Crippen molar-refractivity contribution in [2.45, 2.75) is 25.4 Å². The number of benzene rings is 2. The van der Waals surface area contributed by atoms with Gasteiger partial charge in [-0.25, -0.2) is 4.98 Å². The van der Waals surface area contributed by atoms with Gasteiger partial charge in [-0.15, -0.1) is 11.3 Å². The fourth-order valence-corrected chi connectivity index (χ4v) is 4.80. The van der Waals surface area contributed by atoms with Crippen molar-refractivity contribution in [3.8, 4) is 11.4 Å². The summed E-state index contributed by atoms with van der Waals surface area (Å²) in [6.45, 7) is 1.65. The normalized spacial score (nSPS) is 17.7. The van der Waals surface area contributed by atoms with Crippen LogP contribution in [0.2, 0.25) is 5.02 Å². The number of hydrogen-bond donors (Lipinski definition) is 0. The molecule has 1 fully saturated rings. The maximum Gasteiger partial charge on any atom is 0.241 e. The molecule has 136 valence electrons. The average molecular weight is 397 g/mol. The van der Waals surface area contributed by atoms with E-state index in [2.05, 4.69) is 33.2 Å². The fourth-order valence-electron chi connectivity index (χ4n) is 3.54. The van der Waals surface area contributed by atoms with Crippen molar-refractivity contribution in [1.82, 2.24) is 20.0 Å². The number of halogens is 1. The van der Waals surface area contributed by atoms with Gasteiger partial charge in [0, 0.05) is 10.6 Å². The molecule has 0 N–H and O–H groups in total. The SMILES string of the molecule is Clc1ccc(-c2noc(CN3CCC[C@@H]3c3nc4ccccc4s3)n2)cc1. The third-order valence-electron chi connectivity index (χ3n) is 4.87. The first-order valence-corrected chi connectivity index (χ1v) is 10.1. The molecule has 0 unspecified atom stereocenters. The van der Waals surface area contributed by atoms with E-state index in [0.717, 1.165) is 30.5 Å². The van der Waals surface area contributed by atoms with E-state index in [1.165, 1.54) is 9.71 Å². The monoisotopic (exact) mass is 396 g/mol. The Labute approximate surface area is 165 Å². The molecule has 0 radical (unpaired) electrons. The molecule has 1 saturated heterocycles. The number of likely N-dealkylation sites (tertiary alicyclic amines) is 1. The smallest absolute Gasteiger partial charge is 0.241 e. The van der Waals surface area contributed by atoms with E-state index in [4.69, 9.17) is 21.1 Å². The molecule has 5 rings (SSSR count). The summed E-state index contributed by atoms with van der Waals surface area (Å²) in [5, 5.41) is 5.99. The first-order chi connectivity index (χ1) is 13.3. The summed E-state index contributed by atoms with van der Waals surface area (Å²) >= 11 is 7.73. The van der Waals surface area contributed by atoms with Gasteiger partial charge in [0.05, 0.1) is 22.8 Å². The van der Waals surface area contributed by atoms with Gasteiger partial charge in [-0.1, -0.05) is 28.9 Å². The number of para-hydroxylation sites is 1. The lowest BCUT2D eigenvalue weighted by atomic mass is 10.2. The summed E-state index contributed by atoms with van der Waals surface area (Å²) < 4.78 is 6.74. The van der Waals surface area contributed by atoms with Gasteiger partial charge in [0.1, 0.15) is 5.01 Å². The van der Waals surface area contributed by atoms with E-state index >= 15 is 0 Å². The third-order valence-corrected chi connectivity index (χ3v) is 6.26. The molecule has 0 bridgehead atoms. The van der Waals surface area contributed by atoms with Crippen molar-refractivity contribution < 1.29 is 4.52 Å². The predicted molar refractivity (Wildman–Crippen MR) is 107 cm³/mol. The maximum atomic E-state index is 5.95. The van der Waals surface area contributed by atoms with Gasteiger partial charge in [-0.05, 0) is 55.8 Å². The number of fused-ring (bicyclic) bond motifs is 1. The molecular weight excluding hydrogens is 380 g/mol. The topological polar surface area (TPSA) is 55.1 Å². The van der Waals surface area contributed by atoms with Crippen LogP contribution in [0.15, 0.2) is 53.1 Å². The standard InChI is InChI=1S/C20H17ClN4OS/c21-14-9-7-13(8-10-14)19-23-18(26-24-19)12-25-11-3-5-16(25)20-22-15-4-1-2-6-17(15)27-20/h1-2,4,6-10,16H,3,5,11-12H2/t16-/m1/s1. The molecule has 5 nitrogen and oxygen atoms in total. The van der Waals surface area contributed by atoms with Crippen LogP contribution >= 0.6 is 22.9 Å². The van der Waals surface area contributed by atoms with Gasteiger partial charge in [-0.2, -0.15) is 4.98 Å². The Morgan fingerprint density at radius 2 is 1.96 bits per heavy atom. The second-order valence-corrected chi connectivity index (χ2v) is 8.17. The summed E-state index contributed by atoms with van der Waals surface area (Å²) in [6, 6.07) is 16.1. The molecular formula is C20H17ClN4OS. The zero-order chi connectivity index (χ0) is 18.2. The molecule has 4 aromatic rings. The summed E-state index contributed by atoms with van der Waals surface area (Å²) in [6.07, 6.45) is 2.26. The van der Waals surface area contributed by atoms with Gasteiger partial charge in [-0.3, -0.25) is 4.90 Å². The zero-order valence-corrected chi connectivity index (χ0v) is 16.1. The molecule has 7 heteroatoms. The highest BCUT2D eigenvalue weighted by molar-refractivity contribution is 7.18. The van der Waals surface area contributed by atoms with Crippen LogP contribution < -0.4 is 0 Å². The highest BCUT2D eigenvalue weighted by atomic mass is 35.5. The maximum absolute atomic E-state index is 5.95. The molecule has 0 amide bonds. The van der Waals surface area contributed by atoms with Crippen LogP contribution in [0.1, 0.15) is 29.8 Å². The van der Waals surface area contributed by atoms with Gasteiger partial charge < -0.3 is 4.52 Å². The van der Waals surface area contributed by atoms with Crippen molar-refractivity contribution in [3.05, 3.63) is 64.5 Å². The quantitative estimate of drug-likeness (QED) is 0.466. The van der Waals surface area contributed by atoms with Crippen molar-refractivity contribution >= 4 is 33.2 Å². The number of hydrogen-bond acceptors (Lipinski definition) is 6. The van der Waals surface area contributed by atoms with E-state index in [1.807, 2.05) is 30.3 Å². The van der Waals surface area contributed by atoms with Gasteiger partial charge in [0.25, 0.3) is 0 Å². The van der Waals surface area contributed by atoms with Crippen LogP contribution in [-0.2, 0) is 6.54 Å². The van der Waals surface area contributed by atoms with Crippen LogP contribution in [0, 0.1) is 0 Å². The molecule has 1 aliphatic rings. The van der Waals surface area contributed by atoms with Crippen LogP contribution in [-0.4, -0.2) is 26.6 Å². The second kappa shape index (κ2) is 7.03. The van der Waals surface area contributed by atoms with E-state index in [0.29, 0.717) is 29.3 Å². The van der Waals surface area contributed by atoms with E-state index in [1.54, 1.807) is 11.3 Å². The molecule has 2 aromatic heterocycles. The number of thiazole rings is 1. The Bertz CT molecular complexity index is 1040. The Morgan fingerprint density at radius 3 is 2.81 bits per heavy atom. The first-order valence-electron chi connectivity index (χ1n) is 8.94. The summed E-state index contributed by atoms with van der Waals surface area (Å²) in [5.41, 5.74) is 1.98. The number of rotatable bonds is 4. The Kier molecular flexibility index (Phi) is 4.39. The minimum absolute atomic E-state index is 0.313. The Morgan fingerprint density at radius 1 is 1.11 bits per heavy atom. The predicted octanol–water partition coefficient (Wildman–Crippen LogP) is 5.34. The second-order valence-electron chi connectivity index (χ2n) is 6.67. The lowest BCUT2D eigenvalue weighted by Crippen LogP contribution is -2.22. The van der Waals surface area contributed by atoms with Gasteiger partial charge in [0.15, 0.2) is 0 Å². The first kappa shape index (κ1) is 16.9. The molecule has 27 heavy (non-hydrogen) atoms. The van der Waals surface area contributed by atoms with Gasteiger partial charge >= 0.3 is 0 Å². The molecule has 2 aromatic carbocycles. The van der Waals surface area contributed by atoms with Crippen LogP contribution in [0.5, 0.6) is 0 Å². The highest BCUT2D eigenvalue weighted by Crippen LogP contribution is 2.37. The largest absolute Gasteiger partial charge is 0.338 e. The van der Waals surface area contributed by atoms with Crippen LogP contribution in [0.3, 0.4) is 0 Å². The molecule has 0 spiro atoms. The highest BCUT2D eigenvalue weighted by Gasteiger charge is 2.30. The lowest BCUT2D eigenvalue weighted by molar-refractivity contribution is 0.212. The van der Waals surface area contributed by atoms with Crippen LogP contribution in [0.25, 0.3) is 21.6 Å². The number of nitrogens with zero attached hydrogens (tertiary/aromatic N) is 4. The summed E-state index contributed by atoms with van der Waals surface area (Å²) in [7, 11) is 0. The van der Waals surface area contributed by atoms with Crippen molar-refractivity contribution in [2.24, 2.45) is 0 Å². The number of aromatic nitrogens is 3. The lowest BCUT2D eigenvalue weighted by Gasteiger charge is -2.20. The van der Waals surface area contributed by atoms with Gasteiger partial charge in [0.2, 0.25) is 11.7 Å². The van der Waals surface area contributed by atoms with E-state index < -0.39 is 0 Å². The van der Waals surface area contributed by atoms with Crippen molar-refractivity contribution in [2.75, 3.05) is 6.54 Å². The van der Waals surface area contributed by atoms with Crippen molar-refractivity contribution in [1.29, 1.82) is 0 Å². The van der Waals surface area contributed by atoms with E-state index in [-0.39, 0.29) is 0 Å². The third kappa shape index (κ3) is 3.36. The minimum atomic E-state index is 0.313. The fraction of sp³-hybridized carbons (Fsp3) is 0.250. The molecule has 1 atom stereocenters. The molecule has 0 aliphatic carbocycles.